The molecule has 3 fully saturated rings. The SMILES string of the molecule is CC1CC(NC(=O)C2CC23CCNCC3)CCN1Cc1ccccc1. The van der Waals surface area contributed by atoms with Gasteiger partial charge in [0.05, 0.1) is 0 Å². The lowest BCUT2D eigenvalue weighted by molar-refractivity contribution is -0.124. The van der Waals surface area contributed by atoms with Crippen LogP contribution in [-0.2, 0) is 11.3 Å². The molecule has 0 radical (unpaired) electrons. The second-order valence-corrected chi connectivity index (χ2v) is 8.40. The first-order valence-electron chi connectivity index (χ1n) is 9.95. The Bertz CT molecular complexity index is 596. The summed E-state index contributed by atoms with van der Waals surface area (Å²) in [5, 5.41) is 6.80. The summed E-state index contributed by atoms with van der Waals surface area (Å²) in [6, 6.07) is 11.6. The standard InChI is InChI=1S/C21H31N3O/c1-16-13-18(7-12-24(16)15-17-5-3-2-4-6-17)23-20(25)19-14-21(19)8-10-22-11-9-21/h2-6,16,18-19,22H,7-15H2,1H3,(H,23,25). The van der Waals surface area contributed by atoms with Gasteiger partial charge in [-0.1, -0.05) is 30.3 Å². The summed E-state index contributed by atoms with van der Waals surface area (Å²) in [7, 11) is 0. The van der Waals surface area contributed by atoms with Gasteiger partial charge in [-0.3, -0.25) is 9.69 Å². The van der Waals surface area contributed by atoms with Crippen molar-refractivity contribution in [2.75, 3.05) is 19.6 Å². The Morgan fingerprint density at radius 3 is 2.76 bits per heavy atom. The highest BCUT2D eigenvalue weighted by Crippen LogP contribution is 2.58. The van der Waals surface area contributed by atoms with Crippen molar-refractivity contribution in [2.24, 2.45) is 11.3 Å². The lowest BCUT2D eigenvalue weighted by Crippen LogP contribution is -2.49. The molecule has 1 aromatic rings. The van der Waals surface area contributed by atoms with Crippen LogP contribution in [0.2, 0.25) is 0 Å². The van der Waals surface area contributed by atoms with Gasteiger partial charge in [-0.05, 0) is 63.1 Å². The largest absolute Gasteiger partial charge is 0.353 e. The number of hydrogen-bond acceptors (Lipinski definition) is 3. The third kappa shape index (κ3) is 3.75. The van der Waals surface area contributed by atoms with Gasteiger partial charge in [0.1, 0.15) is 0 Å². The molecule has 0 bridgehead atoms. The van der Waals surface area contributed by atoms with Crippen molar-refractivity contribution in [1.82, 2.24) is 15.5 Å². The van der Waals surface area contributed by atoms with Crippen LogP contribution >= 0.6 is 0 Å². The fraction of sp³-hybridized carbons (Fsp3) is 0.667. The molecule has 2 saturated heterocycles. The van der Waals surface area contributed by atoms with Gasteiger partial charge in [0.15, 0.2) is 0 Å². The van der Waals surface area contributed by atoms with E-state index in [-0.39, 0.29) is 5.92 Å². The highest BCUT2D eigenvalue weighted by atomic mass is 16.2. The molecule has 1 aromatic carbocycles. The molecule has 4 rings (SSSR count). The van der Waals surface area contributed by atoms with E-state index in [9.17, 15) is 4.79 Å². The molecule has 3 aliphatic rings. The van der Waals surface area contributed by atoms with Crippen molar-refractivity contribution >= 4 is 5.91 Å². The van der Waals surface area contributed by atoms with Gasteiger partial charge in [0.2, 0.25) is 5.91 Å². The van der Waals surface area contributed by atoms with E-state index >= 15 is 0 Å². The van der Waals surface area contributed by atoms with Gasteiger partial charge < -0.3 is 10.6 Å². The maximum Gasteiger partial charge on any atom is 0.223 e. The number of nitrogens with one attached hydrogen (secondary N) is 2. The predicted octanol–water partition coefficient (Wildman–Crippen LogP) is 2.55. The third-order valence-electron chi connectivity index (χ3n) is 6.69. The number of hydrogen-bond donors (Lipinski definition) is 2. The Kier molecular flexibility index (Phi) is 4.83. The molecule has 1 amide bonds. The van der Waals surface area contributed by atoms with E-state index in [2.05, 4.69) is 52.8 Å². The lowest BCUT2D eigenvalue weighted by Gasteiger charge is -2.38. The fourth-order valence-electron chi connectivity index (χ4n) is 4.90. The fourth-order valence-corrected chi connectivity index (χ4v) is 4.90. The second-order valence-electron chi connectivity index (χ2n) is 8.40. The van der Waals surface area contributed by atoms with E-state index in [0.29, 0.717) is 23.4 Å². The van der Waals surface area contributed by atoms with E-state index in [0.717, 1.165) is 45.4 Å². The lowest BCUT2D eigenvalue weighted by atomic mass is 9.91. The van der Waals surface area contributed by atoms with E-state index in [1.54, 1.807) is 0 Å². The summed E-state index contributed by atoms with van der Waals surface area (Å²) in [4.78, 5) is 15.2. The minimum atomic E-state index is 0.284. The molecule has 0 aromatic heterocycles. The zero-order valence-corrected chi connectivity index (χ0v) is 15.3. The van der Waals surface area contributed by atoms with Crippen molar-refractivity contribution in [3.8, 4) is 0 Å². The van der Waals surface area contributed by atoms with E-state index in [1.165, 1.54) is 18.4 Å². The summed E-state index contributed by atoms with van der Waals surface area (Å²) in [5.74, 6) is 0.614. The van der Waals surface area contributed by atoms with Crippen LogP contribution in [0.4, 0.5) is 0 Å². The normalized spacial score (nSPS) is 31.6. The van der Waals surface area contributed by atoms with Gasteiger partial charge in [-0.2, -0.15) is 0 Å². The molecule has 3 atom stereocenters. The number of carbonyl (C=O) groups is 1. The molecule has 4 heteroatoms. The molecule has 1 spiro atoms. The smallest absolute Gasteiger partial charge is 0.223 e. The summed E-state index contributed by atoms with van der Waals surface area (Å²) in [5.41, 5.74) is 1.72. The van der Waals surface area contributed by atoms with Crippen LogP contribution in [0, 0.1) is 11.3 Å². The van der Waals surface area contributed by atoms with Crippen LogP contribution in [0.25, 0.3) is 0 Å². The molecule has 1 aliphatic carbocycles. The van der Waals surface area contributed by atoms with Crippen LogP contribution < -0.4 is 10.6 Å². The van der Waals surface area contributed by atoms with Gasteiger partial charge in [-0.15, -0.1) is 0 Å². The maximum atomic E-state index is 12.7. The number of amides is 1. The topological polar surface area (TPSA) is 44.4 Å². The Labute approximate surface area is 151 Å². The molecule has 25 heavy (non-hydrogen) atoms. The summed E-state index contributed by atoms with van der Waals surface area (Å²) in [6.07, 6.45) is 5.61. The molecule has 4 nitrogen and oxygen atoms in total. The first-order valence-corrected chi connectivity index (χ1v) is 9.95. The van der Waals surface area contributed by atoms with Crippen molar-refractivity contribution < 1.29 is 4.79 Å². The molecule has 2 N–H and O–H groups in total. The molecule has 2 aliphatic heterocycles. The monoisotopic (exact) mass is 341 g/mol. The average Bonchev–Trinajstić information content (AvgIpc) is 3.32. The molecule has 2 heterocycles. The Morgan fingerprint density at radius 1 is 1.28 bits per heavy atom. The molecular weight excluding hydrogens is 310 g/mol. The van der Waals surface area contributed by atoms with Crippen LogP contribution in [0.1, 0.15) is 44.6 Å². The quantitative estimate of drug-likeness (QED) is 0.885. The minimum Gasteiger partial charge on any atom is -0.353 e. The summed E-state index contributed by atoms with van der Waals surface area (Å²) >= 11 is 0. The Balaban J connectivity index is 1.26. The summed E-state index contributed by atoms with van der Waals surface area (Å²) < 4.78 is 0. The zero-order chi connectivity index (χ0) is 17.3. The van der Waals surface area contributed by atoms with Gasteiger partial charge >= 0.3 is 0 Å². The molecule has 136 valence electrons. The van der Waals surface area contributed by atoms with Crippen molar-refractivity contribution in [1.29, 1.82) is 0 Å². The van der Waals surface area contributed by atoms with Gasteiger partial charge in [0, 0.05) is 31.1 Å². The van der Waals surface area contributed by atoms with Gasteiger partial charge in [-0.25, -0.2) is 0 Å². The third-order valence-corrected chi connectivity index (χ3v) is 6.69. The number of rotatable bonds is 4. The average molecular weight is 341 g/mol. The number of carbonyl (C=O) groups excluding carboxylic acids is 1. The second kappa shape index (κ2) is 7.08. The summed E-state index contributed by atoms with van der Waals surface area (Å²) in [6.45, 7) is 6.55. The zero-order valence-electron chi connectivity index (χ0n) is 15.3. The van der Waals surface area contributed by atoms with Crippen molar-refractivity contribution in [3.63, 3.8) is 0 Å². The van der Waals surface area contributed by atoms with Crippen LogP contribution in [0.15, 0.2) is 30.3 Å². The van der Waals surface area contributed by atoms with E-state index in [4.69, 9.17) is 0 Å². The first-order chi connectivity index (χ1) is 12.2. The minimum absolute atomic E-state index is 0.284. The van der Waals surface area contributed by atoms with E-state index in [1.807, 2.05) is 0 Å². The maximum absolute atomic E-state index is 12.7. The predicted molar refractivity (Wildman–Crippen MR) is 100 cm³/mol. The van der Waals surface area contributed by atoms with Crippen molar-refractivity contribution in [3.05, 3.63) is 35.9 Å². The molecule has 3 unspecified atom stereocenters. The molecule has 1 saturated carbocycles. The van der Waals surface area contributed by atoms with E-state index < -0.39 is 0 Å². The van der Waals surface area contributed by atoms with Crippen LogP contribution in [0.5, 0.6) is 0 Å². The Morgan fingerprint density at radius 2 is 2.04 bits per heavy atom. The number of nitrogens with zero attached hydrogens (tertiary/aromatic N) is 1. The van der Waals surface area contributed by atoms with Gasteiger partial charge in [0.25, 0.3) is 0 Å². The highest BCUT2D eigenvalue weighted by Gasteiger charge is 2.57. The van der Waals surface area contributed by atoms with Crippen LogP contribution in [0.3, 0.4) is 0 Å². The first kappa shape index (κ1) is 17.0. The Hall–Kier alpha value is -1.39. The number of likely N-dealkylation sites (tertiary alicyclic amines) is 1. The number of piperidine rings is 2. The van der Waals surface area contributed by atoms with Crippen LogP contribution in [-0.4, -0.2) is 42.5 Å². The highest BCUT2D eigenvalue weighted by molar-refractivity contribution is 5.82. The van der Waals surface area contributed by atoms with Crippen molar-refractivity contribution in [2.45, 2.75) is 57.7 Å². The molecular formula is C21H31N3O. The number of benzene rings is 1.